The molecule has 0 aromatic rings. The van der Waals surface area contributed by atoms with Crippen LogP contribution in [-0.4, -0.2) is 52.9 Å². The fraction of sp³-hybridized carbons (Fsp3) is 0.800. The van der Waals surface area contributed by atoms with Crippen molar-refractivity contribution in [3.63, 3.8) is 0 Å². The molecule has 2 atom stereocenters. The molecular formula is C10H18N2O4. The molecule has 2 unspecified atom stereocenters. The predicted octanol–water partition coefficient (Wildman–Crippen LogP) is -0.128. The molecule has 2 amide bonds. The number of amides is 2. The minimum atomic E-state index is -1.26. The summed E-state index contributed by atoms with van der Waals surface area (Å²) < 4.78 is 0. The maximum atomic E-state index is 11.6. The molecule has 1 fully saturated rings. The molecule has 0 spiro atoms. The number of carbonyl (C=O) groups is 2. The first kappa shape index (κ1) is 12.8. The fourth-order valence-electron chi connectivity index (χ4n) is 1.40. The van der Waals surface area contributed by atoms with E-state index < -0.39 is 24.1 Å². The average Bonchev–Trinajstić information content (AvgIpc) is 2.96. The summed E-state index contributed by atoms with van der Waals surface area (Å²) in [6.45, 7) is 1.97. The number of urea groups is 1. The molecule has 92 valence electrons. The number of nitrogens with zero attached hydrogens (tertiary/aromatic N) is 1. The molecule has 1 aliphatic rings. The number of aliphatic hydroxyl groups is 1. The number of rotatable bonds is 5. The second-order valence-electron chi connectivity index (χ2n) is 4.33. The van der Waals surface area contributed by atoms with Crippen LogP contribution in [0.5, 0.6) is 0 Å². The number of nitrogens with one attached hydrogen (secondary N) is 1. The minimum Gasteiger partial charge on any atom is -0.480 e. The molecule has 0 aromatic heterocycles. The maximum absolute atomic E-state index is 11.6. The monoisotopic (exact) mass is 230 g/mol. The van der Waals surface area contributed by atoms with Gasteiger partial charge in [0.2, 0.25) is 0 Å². The van der Waals surface area contributed by atoms with E-state index in [9.17, 15) is 14.7 Å². The van der Waals surface area contributed by atoms with Crippen molar-refractivity contribution >= 4 is 12.0 Å². The van der Waals surface area contributed by atoms with Gasteiger partial charge in [0, 0.05) is 13.6 Å². The number of hydrogen-bond acceptors (Lipinski definition) is 3. The fourth-order valence-corrected chi connectivity index (χ4v) is 1.40. The van der Waals surface area contributed by atoms with Crippen LogP contribution in [0.1, 0.15) is 19.8 Å². The van der Waals surface area contributed by atoms with E-state index in [1.165, 1.54) is 11.8 Å². The summed E-state index contributed by atoms with van der Waals surface area (Å²) >= 11 is 0. The van der Waals surface area contributed by atoms with Gasteiger partial charge in [-0.25, -0.2) is 9.59 Å². The third-order valence-corrected chi connectivity index (χ3v) is 2.60. The van der Waals surface area contributed by atoms with Gasteiger partial charge in [0.05, 0.1) is 6.10 Å². The van der Waals surface area contributed by atoms with Crippen molar-refractivity contribution in [3.8, 4) is 0 Å². The van der Waals surface area contributed by atoms with E-state index in [1.807, 2.05) is 0 Å². The third-order valence-electron chi connectivity index (χ3n) is 2.60. The zero-order valence-corrected chi connectivity index (χ0v) is 9.51. The average molecular weight is 230 g/mol. The molecule has 0 heterocycles. The van der Waals surface area contributed by atoms with Gasteiger partial charge < -0.3 is 20.4 Å². The minimum absolute atomic E-state index is 0.458. The summed E-state index contributed by atoms with van der Waals surface area (Å²) in [5, 5.41) is 20.3. The van der Waals surface area contributed by atoms with Gasteiger partial charge in [-0.1, -0.05) is 0 Å². The lowest BCUT2D eigenvalue weighted by Gasteiger charge is -2.22. The Morgan fingerprint density at radius 3 is 2.44 bits per heavy atom. The first-order chi connectivity index (χ1) is 7.41. The summed E-state index contributed by atoms with van der Waals surface area (Å²) in [6, 6.07) is -1.71. The molecule has 0 aromatic carbocycles. The van der Waals surface area contributed by atoms with Crippen LogP contribution in [0, 0.1) is 5.92 Å². The highest BCUT2D eigenvalue weighted by Crippen LogP contribution is 2.29. The van der Waals surface area contributed by atoms with E-state index in [0.717, 1.165) is 12.8 Å². The normalized spacial score (nSPS) is 18.7. The summed E-state index contributed by atoms with van der Waals surface area (Å²) in [4.78, 5) is 23.8. The molecule has 1 aliphatic carbocycles. The van der Waals surface area contributed by atoms with E-state index in [1.54, 1.807) is 7.05 Å². The van der Waals surface area contributed by atoms with E-state index >= 15 is 0 Å². The van der Waals surface area contributed by atoms with Crippen LogP contribution in [0.2, 0.25) is 0 Å². The standard InChI is InChI=1S/C10H18N2O4/c1-6(13)8(9(14)15)11-10(16)12(2)5-7-3-4-7/h6-8,13H,3-5H2,1-2H3,(H,11,16)(H,14,15). The van der Waals surface area contributed by atoms with Crippen LogP contribution < -0.4 is 5.32 Å². The van der Waals surface area contributed by atoms with E-state index in [0.29, 0.717) is 12.5 Å². The van der Waals surface area contributed by atoms with Gasteiger partial charge in [0.1, 0.15) is 0 Å². The van der Waals surface area contributed by atoms with Crippen molar-refractivity contribution in [2.24, 2.45) is 5.92 Å². The Labute approximate surface area is 94.2 Å². The Kier molecular flexibility index (Phi) is 4.12. The Morgan fingerprint density at radius 2 is 2.06 bits per heavy atom. The Morgan fingerprint density at radius 1 is 1.50 bits per heavy atom. The van der Waals surface area contributed by atoms with Gasteiger partial charge in [-0.05, 0) is 25.7 Å². The van der Waals surface area contributed by atoms with Gasteiger partial charge in [0.15, 0.2) is 6.04 Å². The number of carboxylic acids is 1. The Bertz CT molecular complexity index is 276. The summed E-state index contributed by atoms with van der Waals surface area (Å²) in [6.07, 6.45) is 1.13. The summed E-state index contributed by atoms with van der Waals surface area (Å²) in [5.74, 6) is -0.686. The SMILES string of the molecule is CC(O)C(NC(=O)N(C)CC1CC1)C(=O)O. The predicted molar refractivity (Wildman–Crippen MR) is 57.0 cm³/mol. The van der Waals surface area contributed by atoms with Crippen molar-refractivity contribution in [3.05, 3.63) is 0 Å². The molecule has 0 saturated heterocycles. The van der Waals surface area contributed by atoms with Gasteiger partial charge in [-0.3, -0.25) is 0 Å². The molecular weight excluding hydrogens is 212 g/mol. The summed E-state index contributed by atoms with van der Waals surface area (Å²) in [7, 11) is 1.62. The molecule has 1 rings (SSSR count). The number of hydrogen-bond donors (Lipinski definition) is 3. The van der Waals surface area contributed by atoms with Gasteiger partial charge in [-0.2, -0.15) is 0 Å². The largest absolute Gasteiger partial charge is 0.480 e. The van der Waals surface area contributed by atoms with E-state index in [4.69, 9.17) is 5.11 Å². The molecule has 1 saturated carbocycles. The second-order valence-corrected chi connectivity index (χ2v) is 4.33. The molecule has 6 nitrogen and oxygen atoms in total. The van der Waals surface area contributed by atoms with Gasteiger partial charge in [-0.15, -0.1) is 0 Å². The van der Waals surface area contributed by atoms with Crippen LogP contribution in [0.25, 0.3) is 0 Å². The molecule has 16 heavy (non-hydrogen) atoms. The van der Waals surface area contributed by atoms with E-state index in [-0.39, 0.29) is 0 Å². The molecule has 0 bridgehead atoms. The van der Waals surface area contributed by atoms with E-state index in [2.05, 4.69) is 5.32 Å². The van der Waals surface area contributed by atoms with Gasteiger partial charge >= 0.3 is 12.0 Å². The number of carbonyl (C=O) groups excluding carboxylic acids is 1. The van der Waals surface area contributed by atoms with Crippen LogP contribution in [0.4, 0.5) is 4.79 Å². The van der Waals surface area contributed by atoms with Crippen molar-refractivity contribution < 1.29 is 19.8 Å². The first-order valence-electron chi connectivity index (χ1n) is 5.34. The molecule has 6 heteroatoms. The third kappa shape index (κ3) is 3.69. The van der Waals surface area contributed by atoms with Crippen molar-refractivity contribution in [2.75, 3.05) is 13.6 Å². The highest BCUT2D eigenvalue weighted by Gasteiger charge is 2.29. The molecule has 0 aliphatic heterocycles. The first-order valence-corrected chi connectivity index (χ1v) is 5.34. The molecule has 3 N–H and O–H groups in total. The van der Waals surface area contributed by atoms with Crippen LogP contribution in [0.15, 0.2) is 0 Å². The van der Waals surface area contributed by atoms with Crippen LogP contribution >= 0.6 is 0 Å². The number of aliphatic carboxylic acids is 1. The number of carboxylic acid groups (broad SMARTS) is 1. The quantitative estimate of drug-likeness (QED) is 0.613. The highest BCUT2D eigenvalue weighted by molar-refractivity contribution is 5.82. The maximum Gasteiger partial charge on any atom is 0.328 e. The Balaban J connectivity index is 2.43. The zero-order valence-electron chi connectivity index (χ0n) is 9.51. The molecule has 0 radical (unpaired) electrons. The van der Waals surface area contributed by atoms with Crippen molar-refractivity contribution in [2.45, 2.75) is 31.9 Å². The number of aliphatic hydroxyl groups excluding tert-OH is 1. The highest BCUT2D eigenvalue weighted by atomic mass is 16.4. The second kappa shape index (κ2) is 5.16. The topological polar surface area (TPSA) is 89.9 Å². The van der Waals surface area contributed by atoms with Crippen molar-refractivity contribution in [1.82, 2.24) is 10.2 Å². The summed E-state index contributed by atoms with van der Waals surface area (Å²) in [5.41, 5.74) is 0. The lowest BCUT2D eigenvalue weighted by molar-refractivity contribution is -0.141. The lowest BCUT2D eigenvalue weighted by Crippen LogP contribution is -2.51. The van der Waals surface area contributed by atoms with Crippen LogP contribution in [0.3, 0.4) is 0 Å². The zero-order chi connectivity index (χ0) is 12.3. The smallest absolute Gasteiger partial charge is 0.328 e. The van der Waals surface area contributed by atoms with Gasteiger partial charge in [0.25, 0.3) is 0 Å². The Hall–Kier alpha value is -1.30. The van der Waals surface area contributed by atoms with Crippen molar-refractivity contribution in [1.29, 1.82) is 0 Å². The van der Waals surface area contributed by atoms with Crippen LogP contribution in [-0.2, 0) is 4.79 Å². The lowest BCUT2D eigenvalue weighted by atomic mass is 10.2.